The van der Waals surface area contributed by atoms with Gasteiger partial charge in [-0.25, -0.2) is 9.78 Å². The molecule has 3 rings (SSSR count). The van der Waals surface area contributed by atoms with Crippen molar-refractivity contribution in [1.82, 2.24) is 14.8 Å². The third-order valence-electron chi connectivity index (χ3n) is 3.82. The summed E-state index contributed by atoms with van der Waals surface area (Å²) >= 11 is 0. The average Bonchev–Trinajstić information content (AvgIpc) is 2.88. The van der Waals surface area contributed by atoms with Crippen LogP contribution in [0.1, 0.15) is 21.5 Å². The molecule has 0 amide bonds. The lowest BCUT2D eigenvalue weighted by Crippen LogP contribution is -2.03. The first kappa shape index (κ1) is 13.3. The molecule has 0 aliphatic carbocycles. The van der Waals surface area contributed by atoms with Gasteiger partial charge in [0, 0.05) is 18.6 Å². The number of nitrogens with zero attached hydrogens (tertiary/aromatic N) is 3. The van der Waals surface area contributed by atoms with Gasteiger partial charge >= 0.3 is 5.97 Å². The van der Waals surface area contributed by atoms with Crippen molar-refractivity contribution < 1.29 is 9.90 Å². The number of aromatic nitrogens is 3. The van der Waals surface area contributed by atoms with Gasteiger partial charge in [0.2, 0.25) is 0 Å². The summed E-state index contributed by atoms with van der Waals surface area (Å²) in [5, 5.41) is 14.3. The zero-order valence-electron chi connectivity index (χ0n) is 12.1. The molecule has 1 aromatic carbocycles. The van der Waals surface area contributed by atoms with E-state index in [4.69, 9.17) is 0 Å². The smallest absolute Gasteiger partial charge is 0.336 e. The van der Waals surface area contributed by atoms with Gasteiger partial charge in [-0.1, -0.05) is 12.1 Å². The third-order valence-corrected chi connectivity index (χ3v) is 3.82. The van der Waals surface area contributed by atoms with E-state index in [1.807, 2.05) is 39.1 Å². The van der Waals surface area contributed by atoms with Crippen LogP contribution in [-0.4, -0.2) is 25.8 Å². The van der Waals surface area contributed by atoms with E-state index in [1.54, 1.807) is 16.9 Å². The van der Waals surface area contributed by atoms with Gasteiger partial charge in [-0.3, -0.25) is 4.68 Å². The summed E-state index contributed by atoms with van der Waals surface area (Å²) in [6.45, 7) is 3.96. The zero-order chi connectivity index (χ0) is 15.1. The lowest BCUT2D eigenvalue weighted by molar-refractivity contribution is 0.0699. The summed E-state index contributed by atoms with van der Waals surface area (Å²) in [6.07, 6.45) is 1.67. The molecular formula is C16H15N3O2. The number of benzene rings is 1. The SMILES string of the molecule is Cc1ccc2c(C(=O)O)cc(-c3ccnn3C)nc2c1C. The molecule has 5 nitrogen and oxygen atoms in total. The molecule has 0 fully saturated rings. The van der Waals surface area contributed by atoms with Crippen molar-refractivity contribution in [3.8, 4) is 11.4 Å². The minimum absolute atomic E-state index is 0.263. The predicted octanol–water partition coefficient (Wildman–Crippen LogP) is 2.95. The van der Waals surface area contributed by atoms with E-state index < -0.39 is 5.97 Å². The summed E-state index contributed by atoms with van der Waals surface area (Å²) in [5.74, 6) is -0.950. The molecule has 0 radical (unpaired) electrons. The monoisotopic (exact) mass is 281 g/mol. The van der Waals surface area contributed by atoms with Crippen LogP contribution in [0.2, 0.25) is 0 Å². The minimum atomic E-state index is -0.950. The summed E-state index contributed by atoms with van der Waals surface area (Å²) < 4.78 is 1.69. The van der Waals surface area contributed by atoms with Crippen molar-refractivity contribution in [2.45, 2.75) is 13.8 Å². The van der Waals surface area contributed by atoms with Crippen LogP contribution >= 0.6 is 0 Å². The molecule has 0 unspecified atom stereocenters. The Morgan fingerprint density at radius 2 is 2.00 bits per heavy atom. The number of pyridine rings is 1. The van der Waals surface area contributed by atoms with Gasteiger partial charge in [0.05, 0.1) is 22.5 Å². The Hall–Kier alpha value is -2.69. The van der Waals surface area contributed by atoms with E-state index >= 15 is 0 Å². The summed E-state index contributed by atoms with van der Waals surface area (Å²) in [4.78, 5) is 16.2. The second kappa shape index (κ2) is 4.70. The quantitative estimate of drug-likeness (QED) is 0.784. The second-order valence-corrected chi connectivity index (χ2v) is 5.10. The molecule has 5 heteroatoms. The fourth-order valence-electron chi connectivity index (χ4n) is 2.46. The van der Waals surface area contributed by atoms with Crippen molar-refractivity contribution in [1.29, 1.82) is 0 Å². The van der Waals surface area contributed by atoms with E-state index in [0.29, 0.717) is 11.1 Å². The molecule has 2 aromatic heterocycles. The Labute approximate surface area is 121 Å². The lowest BCUT2D eigenvalue weighted by Gasteiger charge is -2.10. The largest absolute Gasteiger partial charge is 0.478 e. The van der Waals surface area contributed by atoms with Crippen LogP contribution in [0, 0.1) is 13.8 Å². The molecule has 1 N–H and O–H groups in total. The molecule has 0 spiro atoms. The van der Waals surface area contributed by atoms with Gasteiger partial charge in [-0.2, -0.15) is 5.10 Å². The lowest BCUT2D eigenvalue weighted by atomic mass is 10.0. The van der Waals surface area contributed by atoms with Crippen LogP contribution in [0.5, 0.6) is 0 Å². The van der Waals surface area contributed by atoms with Crippen LogP contribution in [-0.2, 0) is 7.05 Å². The van der Waals surface area contributed by atoms with Crippen LogP contribution < -0.4 is 0 Å². The highest BCUT2D eigenvalue weighted by Gasteiger charge is 2.16. The molecule has 0 atom stereocenters. The predicted molar refractivity (Wildman–Crippen MR) is 80.4 cm³/mol. The van der Waals surface area contributed by atoms with Crippen LogP contribution in [0.25, 0.3) is 22.3 Å². The van der Waals surface area contributed by atoms with Crippen LogP contribution in [0.4, 0.5) is 0 Å². The summed E-state index contributed by atoms with van der Waals surface area (Å²) in [5.41, 5.74) is 4.49. The van der Waals surface area contributed by atoms with E-state index in [1.165, 1.54) is 0 Å². The number of hydrogen-bond donors (Lipinski definition) is 1. The fourth-order valence-corrected chi connectivity index (χ4v) is 2.46. The van der Waals surface area contributed by atoms with Crippen molar-refractivity contribution in [2.75, 3.05) is 0 Å². The number of fused-ring (bicyclic) bond motifs is 1. The van der Waals surface area contributed by atoms with Crippen molar-refractivity contribution >= 4 is 16.9 Å². The Morgan fingerprint density at radius 1 is 1.24 bits per heavy atom. The summed E-state index contributed by atoms with van der Waals surface area (Å²) in [6, 6.07) is 7.18. The van der Waals surface area contributed by atoms with E-state index in [2.05, 4.69) is 10.1 Å². The maximum absolute atomic E-state index is 11.6. The first-order chi connectivity index (χ1) is 9.99. The molecule has 0 saturated carbocycles. The third kappa shape index (κ3) is 2.07. The standard InChI is InChI=1S/C16H15N3O2/c1-9-4-5-11-12(16(20)21)8-13(18-15(11)10(9)2)14-6-7-17-19(14)3/h4-8H,1-3H3,(H,20,21). The molecule has 2 heterocycles. The van der Waals surface area contributed by atoms with Gasteiger partial charge < -0.3 is 5.11 Å². The Balaban J connectivity index is 2.41. The number of aromatic carboxylic acids is 1. The normalized spacial score (nSPS) is 11.0. The van der Waals surface area contributed by atoms with Gasteiger partial charge in [0.1, 0.15) is 0 Å². The Bertz CT molecular complexity index is 865. The molecule has 21 heavy (non-hydrogen) atoms. The molecule has 106 valence electrons. The first-order valence-electron chi connectivity index (χ1n) is 6.61. The number of rotatable bonds is 2. The average molecular weight is 281 g/mol. The van der Waals surface area contributed by atoms with Gasteiger partial charge in [0.15, 0.2) is 0 Å². The molecule has 0 aliphatic heterocycles. The number of aryl methyl sites for hydroxylation is 3. The summed E-state index contributed by atoms with van der Waals surface area (Å²) in [7, 11) is 1.81. The molecule has 3 aromatic rings. The minimum Gasteiger partial charge on any atom is -0.478 e. The Morgan fingerprint density at radius 3 is 2.62 bits per heavy atom. The van der Waals surface area contributed by atoms with E-state index in [0.717, 1.165) is 22.3 Å². The highest BCUT2D eigenvalue weighted by Crippen LogP contribution is 2.27. The topological polar surface area (TPSA) is 68.0 Å². The number of carboxylic acids is 1. The maximum Gasteiger partial charge on any atom is 0.336 e. The van der Waals surface area contributed by atoms with Gasteiger partial charge in [-0.05, 0) is 37.1 Å². The van der Waals surface area contributed by atoms with Crippen molar-refractivity contribution in [3.05, 3.63) is 47.2 Å². The number of hydrogen-bond acceptors (Lipinski definition) is 3. The van der Waals surface area contributed by atoms with E-state index in [-0.39, 0.29) is 5.56 Å². The molecule has 0 bridgehead atoms. The van der Waals surface area contributed by atoms with Gasteiger partial charge in [-0.15, -0.1) is 0 Å². The van der Waals surface area contributed by atoms with E-state index in [9.17, 15) is 9.90 Å². The number of carboxylic acid groups (broad SMARTS) is 1. The highest BCUT2D eigenvalue weighted by atomic mass is 16.4. The molecule has 0 saturated heterocycles. The highest BCUT2D eigenvalue weighted by molar-refractivity contribution is 6.04. The molecular weight excluding hydrogens is 266 g/mol. The van der Waals surface area contributed by atoms with Gasteiger partial charge in [0.25, 0.3) is 0 Å². The molecule has 0 aliphatic rings. The van der Waals surface area contributed by atoms with Crippen LogP contribution in [0.3, 0.4) is 0 Å². The van der Waals surface area contributed by atoms with Crippen molar-refractivity contribution in [3.63, 3.8) is 0 Å². The zero-order valence-corrected chi connectivity index (χ0v) is 12.1. The first-order valence-corrected chi connectivity index (χ1v) is 6.61. The number of carbonyl (C=O) groups is 1. The Kier molecular flexibility index (Phi) is 2.97. The van der Waals surface area contributed by atoms with Crippen molar-refractivity contribution in [2.24, 2.45) is 7.05 Å². The second-order valence-electron chi connectivity index (χ2n) is 5.10. The maximum atomic E-state index is 11.6. The van der Waals surface area contributed by atoms with Crippen LogP contribution in [0.15, 0.2) is 30.5 Å². The fraction of sp³-hybridized carbons (Fsp3) is 0.188.